The van der Waals surface area contributed by atoms with Gasteiger partial charge in [-0.1, -0.05) is 140 Å². The van der Waals surface area contributed by atoms with Crippen LogP contribution in [-0.4, -0.2) is 77.4 Å². The molecule has 2 aromatic rings. The number of rotatable bonds is 22. The van der Waals surface area contributed by atoms with Crippen LogP contribution in [0.25, 0.3) is 0 Å². The van der Waals surface area contributed by atoms with E-state index in [1.54, 1.807) is 24.3 Å². The highest BCUT2D eigenvalue weighted by Gasteiger charge is 2.31. The molecule has 1 aromatic carbocycles. The molecule has 5 N–H and O–H groups in total. The molecule has 4 atom stereocenters. The molecule has 13 heteroatoms. The number of ether oxygens (including phenoxy) is 1. The van der Waals surface area contributed by atoms with Crippen molar-refractivity contribution in [1.29, 1.82) is 0 Å². The Morgan fingerprint density at radius 2 is 1.42 bits per heavy atom. The van der Waals surface area contributed by atoms with E-state index in [0.717, 1.165) is 44.2 Å². The SMILES string of the molecule is CC.CC.CC.CC.CC.CCCCC(=O)N(C)C(CC(OC(C)=O)c1nc(C(=O)NC(Cc2ccccc2)CC(C)C(=O)O)cs1)C(C)C.CNCCCCCC(N)=O. The molecule has 350 valence electrons. The summed E-state index contributed by atoms with van der Waals surface area (Å²) in [6, 6.07) is 8.96. The number of nitrogens with zero attached hydrogens (tertiary/aromatic N) is 2. The summed E-state index contributed by atoms with van der Waals surface area (Å²) in [7, 11) is 3.70. The van der Waals surface area contributed by atoms with Crippen molar-refractivity contribution in [2.75, 3.05) is 20.6 Å². The third kappa shape index (κ3) is 32.9. The maximum absolute atomic E-state index is 13.2. The van der Waals surface area contributed by atoms with Crippen molar-refractivity contribution in [1.82, 2.24) is 20.5 Å². The zero-order chi connectivity index (χ0) is 47.6. The van der Waals surface area contributed by atoms with E-state index in [9.17, 15) is 29.1 Å². The van der Waals surface area contributed by atoms with Gasteiger partial charge >= 0.3 is 11.9 Å². The maximum atomic E-state index is 13.2. The van der Waals surface area contributed by atoms with Crippen molar-refractivity contribution in [2.24, 2.45) is 17.6 Å². The van der Waals surface area contributed by atoms with Gasteiger partial charge in [0.1, 0.15) is 10.7 Å². The molecule has 12 nitrogen and oxygen atoms in total. The Bertz CT molecular complexity index is 1320. The number of thiazole rings is 1. The summed E-state index contributed by atoms with van der Waals surface area (Å²) in [5.74, 6) is -2.50. The highest BCUT2D eigenvalue weighted by molar-refractivity contribution is 7.09. The summed E-state index contributed by atoms with van der Waals surface area (Å²) in [6.07, 6.45) is 6.24. The number of amides is 3. The van der Waals surface area contributed by atoms with Gasteiger partial charge in [-0.15, -0.1) is 11.3 Å². The highest BCUT2D eigenvalue weighted by Crippen LogP contribution is 2.30. The zero-order valence-corrected chi connectivity index (χ0v) is 41.7. The second kappa shape index (κ2) is 44.7. The Morgan fingerprint density at radius 3 is 1.88 bits per heavy atom. The normalized spacial score (nSPS) is 11.6. The molecular weight excluding hydrogens is 779 g/mol. The lowest BCUT2D eigenvalue weighted by atomic mass is 9.96. The first-order valence-corrected chi connectivity index (χ1v) is 23.5. The van der Waals surface area contributed by atoms with Gasteiger partial charge in [0.05, 0.1) is 5.92 Å². The molecule has 4 unspecified atom stereocenters. The number of carbonyl (C=O) groups excluding carboxylic acids is 4. The number of carboxylic acids is 1. The molecule has 1 aromatic heterocycles. The summed E-state index contributed by atoms with van der Waals surface area (Å²) in [5, 5.41) is 17.5. The minimum Gasteiger partial charge on any atom is -0.481 e. The number of aromatic nitrogens is 1. The van der Waals surface area contributed by atoms with Crippen molar-refractivity contribution in [3.05, 3.63) is 52.0 Å². The smallest absolute Gasteiger partial charge is 0.306 e. The van der Waals surface area contributed by atoms with E-state index in [4.69, 9.17) is 10.5 Å². The van der Waals surface area contributed by atoms with Crippen LogP contribution in [0.4, 0.5) is 0 Å². The van der Waals surface area contributed by atoms with Crippen molar-refractivity contribution in [3.63, 3.8) is 0 Å². The Labute approximate surface area is 370 Å². The quantitative estimate of drug-likeness (QED) is 0.0661. The van der Waals surface area contributed by atoms with E-state index in [-0.39, 0.29) is 35.9 Å². The predicted molar refractivity (Wildman–Crippen MR) is 253 cm³/mol. The number of unbranched alkanes of at least 4 members (excludes halogenated alkanes) is 3. The molecule has 0 aliphatic rings. The van der Waals surface area contributed by atoms with Crippen LogP contribution in [0.5, 0.6) is 0 Å². The third-order valence-corrected chi connectivity index (χ3v) is 9.20. The fourth-order valence-electron chi connectivity index (χ4n) is 5.38. The Kier molecular flexibility index (Phi) is 48.6. The number of nitrogens with two attached hydrogens (primary N) is 1. The molecule has 0 aliphatic carbocycles. The Balaban J connectivity index is -0.000000425. The van der Waals surface area contributed by atoms with Crippen LogP contribution in [0.2, 0.25) is 0 Å². The molecule has 0 bridgehead atoms. The molecular formula is C47H89N5O7S. The number of hydrogen-bond donors (Lipinski definition) is 4. The topological polar surface area (TPSA) is 181 Å². The predicted octanol–water partition coefficient (Wildman–Crippen LogP) is 10.6. The monoisotopic (exact) mass is 868 g/mol. The van der Waals surface area contributed by atoms with E-state index < -0.39 is 35.9 Å². The lowest BCUT2D eigenvalue weighted by Gasteiger charge is -2.33. The largest absolute Gasteiger partial charge is 0.481 e. The number of nitrogens with one attached hydrogen (secondary N) is 2. The summed E-state index contributed by atoms with van der Waals surface area (Å²) < 4.78 is 5.63. The van der Waals surface area contributed by atoms with Gasteiger partial charge < -0.3 is 31.1 Å². The number of hydrogen-bond acceptors (Lipinski definition) is 9. The van der Waals surface area contributed by atoms with Gasteiger partial charge in [0.15, 0.2) is 6.10 Å². The van der Waals surface area contributed by atoms with Crippen LogP contribution in [0.1, 0.15) is 189 Å². The maximum Gasteiger partial charge on any atom is 0.306 e. The van der Waals surface area contributed by atoms with Crippen LogP contribution in [0.3, 0.4) is 0 Å². The Hall–Kier alpha value is -3.84. The molecule has 0 spiro atoms. The van der Waals surface area contributed by atoms with E-state index in [2.05, 4.69) is 15.6 Å². The van der Waals surface area contributed by atoms with Crippen LogP contribution >= 0.6 is 11.3 Å². The summed E-state index contributed by atoms with van der Waals surface area (Å²) in [6.45, 7) is 30.0. The van der Waals surface area contributed by atoms with Crippen LogP contribution in [-0.2, 0) is 30.3 Å². The van der Waals surface area contributed by atoms with Crippen molar-refractivity contribution in [2.45, 2.75) is 186 Å². The standard InChI is InChI=1S/C30H43N3O6S.C7H16N2O.5C2H6/c1-7-8-14-27(35)33(6)25(19(2)3)17-26(39-21(5)34)29-32-24(18-40-29)28(36)31-23(15-20(4)30(37)38)16-22-12-10-9-11-13-22;1-9-6-4-2-3-5-7(8)10;5*1-2/h9-13,18-20,23,25-26H,7-8,14-17H2,1-6H3,(H,31,36)(H,37,38);9H,2-6H2,1H3,(H2,8,10);5*1-2H3. The molecule has 0 saturated heterocycles. The molecule has 0 radical (unpaired) electrons. The van der Waals surface area contributed by atoms with Gasteiger partial charge in [-0.05, 0) is 57.2 Å². The lowest BCUT2D eigenvalue weighted by Crippen LogP contribution is -2.41. The second-order valence-corrected chi connectivity index (χ2v) is 13.9. The van der Waals surface area contributed by atoms with E-state index in [1.165, 1.54) is 18.3 Å². The number of carbonyl (C=O) groups is 5. The van der Waals surface area contributed by atoms with Crippen molar-refractivity contribution in [3.8, 4) is 0 Å². The zero-order valence-electron chi connectivity index (χ0n) is 40.9. The van der Waals surface area contributed by atoms with Gasteiger partial charge in [0, 0.05) is 50.7 Å². The highest BCUT2D eigenvalue weighted by atomic mass is 32.1. The van der Waals surface area contributed by atoms with Crippen LogP contribution in [0, 0.1) is 11.8 Å². The second-order valence-electron chi connectivity index (χ2n) is 13.0. The Morgan fingerprint density at radius 1 is 0.850 bits per heavy atom. The average Bonchev–Trinajstić information content (AvgIpc) is 3.76. The minimum absolute atomic E-state index is 0.0429. The molecule has 1 heterocycles. The third-order valence-electron chi connectivity index (χ3n) is 8.27. The van der Waals surface area contributed by atoms with Gasteiger partial charge in [-0.25, -0.2) is 4.98 Å². The number of primary amides is 1. The number of aliphatic carboxylic acids is 1. The summed E-state index contributed by atoms with van der Waals surface area (Å²) in [5.41, 5.74) is 6.11. The van der Waals surface area contributed by atoms with Crippen LogP contribution in [0.15, 0.2) is 35.7 Å². The molecule has 0 saturated carbocycles. The number of benzene rings is 1. The molecule has 0 aliphatic heterocycles. The fourth-order valence-corrected chi connectivity index (χ4v) is 6.22. The molecule has 60 heavy (non-hydrogen) atoms. The summed E-state index contributed by atoms with van der Waals surface area (Å²) in [4.78, 5) is 65.9. The molecule has 2 rings (SSSR count). The summed E-state index contributed by atoms with van der Waals surface area (Å²) >= 11 is 1.22. The first-order chi connectivity index (χ1) is 28.7. The van der Waals surface area contributed by atoms with E-state index >= 15 is 0 Å². The van der Waals surface area contributed by atoms with E-state index in [1.807, 2.05) is 127 Å². The fraction of sp³-hybridized carbons (Fsp3) is 0.702. The lowest BCUT2D eigenvalue weighted by molar-refractivity contribution is -0.148. The van der Waals surface area contributed by atoms with E-state index in [0.29, 0.717) is 30.7 Å². The molecule has 3 amide bonds. The first-order valence-electron chi connectivity index (χ1n) is 22.6. The minimum atomic E-state index is -0.926. The van der Waals surface area contributed by atoms with Crippen molar-refractivity contribution >= 4 is 41.0 Å². The van der Waals surface area contributed by atoms with Crippen molar-refractivity contribution < 1.29 is 33.8 Å². The van der Waals surface area contributed by atoms with Gasteiger partial charge in [-0.2, -0.15) is 0 Å². The van der Waals surface area contributed by atoms with Gasteiger partial charge in [-0.3, -0.25) is 24.0 Å². The number of carboxylic acid groups (broad SMARTS) is 1. The van der Waals surface area contributed by atoms with Gasteiger partial charge in [0.2, 0.25) is 11.8 Å². The average molecular weight is 868 g/mol. The molecule has 0 fully saturated rings. The first kappa shape index (κ1) is 65.3. The van der Waals surface area contributed by atoms with Gasteiger partial charge in [0.25, 0.3) is 5.91 Å². The van der Waals surface area contributed by atoms with Crippen LogP contribution < -0.4 is 16.4 Å². The number of esters is 1.